The quantitative estimate of drug-likeness (QED) is 0.702. The normalized spacial score (nSPS) is 30.0. The highest BCUT2D eigenvalue weighted by atomic mass is 32.2. The van der Waals surface area contributed by atoms with Crippen LogP contribution < -0.4 is 5.32 Å². The topological polar surface area (TPSA) is 12.0 Å². The second-order valence-corrected chi connectivity index (χ2v) is 5.14. The first kappa shape index (κ1) is 11.4. The maximum atomic E-state index is 3.44. The van der Waals surface area contributed by atoms with Gasteiger partial charge in [0.15, 0.2) is 0 Å². The van der Waals surface area contributed by atoms with Gasteiger partial charge in [0.25, 0.3) is 0 Å². The molecular weight excluding hydrogens is 178 g/mol. The molecule has 1 aliphatic rings. The van der Waals surface area contributed by atoms with E-state index in [1.54, 1.807) is 0 Å². The first-order valence-electron chi connectivity index (χ1n) is 5.53. The molecule has 0 bridgehead atoms. The lowest BCUT2D eigenvalue weighted by atomic mass is 9.95. The van der Waals surface area contributed by atoms with Gasteiger partial charge in [-0.05, 0) is 44.2 Å². The number of rotatable bonds is 4. The average Bonchev–Trinajstić information content (AvgIpc) is 2.39. The van der Waals surface area contributed by atoms with Gasteiger partial charge in [-0.25, -0.2) is 0 Å². The average molecular weight is 201 g/mol. The molecule has 0 radical (unpaired) electrons. The smallest absolute Gasteiger partial charge is 0.00667 e. The summed E-state index contributed by atoms with van der Waals surface area (Å²) in [5.41, 5.74) is 0. The molecule has 0 spiro atoms. The first-order valence-corrected chi connectivity index (χ1v) is 6.92. The third-order valence-electron chi connectivity index (χ3n) is 3.17. The van der Waals surface area contributed by atoms with E-state index in [1.165, 1.54) is 44.3 Å². The van der Waals surface area contributed by atoms with Crippen LogP contribution in [0.25, 0.3) is 0 Å². The zero-order valence-electron chi connectivity index (χ0n) is 9.01. The molecular formula is C11H23NS. The molecule has 1 fully saturated rings. The van der Waals surface area contributed by atoms with Crippen LogP contribution in [0.4, 0.5) is 0 Å². The fourth-order valence-corrected chi connectivity index (χ4v) is 2.84. The van der Waals surface area contributed by atoms with E-state index < -0.39 is 0 Å². The molecule has 1 saturated carbocycles. The summed E-state index contributed by atoms with van der Waals surface area (Å²) in [6.45, 7) is 0. The highest BCUT2D eigenvalue weighted by Gasteiger charge is 2.18. The Morgan fingerprint density at radius 3 is 2.77 bits per heavy atom. The Bertz CT molecular complexity index is 127. The molecule has 1 N–H and O–H groups in total. The van der Waals surface area contributed by atoms with E-state index in [2.05, 4.69) is 18.6 Å². The van der Waals surface area contributed by atoms with Crippen molar-refractivity contribution in [1.82, 2.24) is 5.32 Å². The van der Waals surface area contributed by atoms with Crippen molar-refractivity contribution >= 4 is 11.8 Å². The van der Waals surface area contributed by atoms with Crippen molar-refractivity contribution in [1.29, 1.82) is 0 Å². The number of hydrogen-bond acceptors (Lipinski definition) is 2. The van der Waals surface area contributed by atoms with Crippen molar-refractivity contribution in [3.05, 3.63) is 0 Å². The highest BCUT2D eigenvalue weighted by Crippen LogP contribution is 2.26. The van der Waals surface area contributed by atoms with Crippen LogP contribution in [0, 0.1) is 5.92 Å². The van der Waals surface area contributed by atoms with Crippen molar-refractivity contribution in [2.24, 2.45) is 5.92 Å². The fraction of sp³-hybridized carbons (Fsp3) is 1.00. The lowest BCUT2D eigenvalue weighted by molar-refractivity contribution is 0.395. The SMILES string of the molecule is CNC1CCCCC(CCSC)C1. The van der Waals surface area contributed by atoms with Crippen molar-refractivity contribution in [2.75, 3.05) is 19.1 Å². The molecule has 2 atom stereocenters. The zero-order valence-corrected chi connectivity index (χ0v) is 9.83. The van der Waals surface area contributed by atoms with Crippen LogP contribution in [0.1, 0.15) is 38.5 Å². The predicted molar refractivity (Wildman–Crippen MR) is 62.4 cm³/mol. The summed E-state index contributed by atoms with van der Waals surface area (Å²) in [6.07, 6.45) is 10.8. The summed E-state index contributed by atoms with van der Waals surface area (Å²) in [6, 6.07) is 0.800. The summed E-state index contributed by atoms with van der Waals surface area (Å²) >= 11 is 1.99. The van der Waals surface area contributed by atoms with Gasteiger partial charge in [-0.3, -0.25) is 0 Å². The Hall–Kier alpha value is 0.310. The van der Waals surface area contributed by atoms with Gasteiger partial charge in [0.05, 0.1) is 0 Å². The molecule has 0 aromatic heterocycles. The summed E-state index contributed by atoms with van der Waals surface area (Å²) in [5, 5.41) is 3.44. The molecule has 0 heterocycles. The largest absolute Gasteiger partial charge is 0.317 e. The second-order valence-electron chi connectivity index (χ2n) is 4.15. The molecule has 0 aromatic rings. The predicted octanol–water partition coefficient (Wildman–Crippen LogP) is 2.91. The van der Waals surface area contributed by atoms with Gasteiger partial charge in [-0.1, -0.05) is 19.3 Å². The monoisotopic (exact) mass is 201 g/mol. The second kappa shape index (κ2) is 6.72. The van der Waals surface area contributed by atoms with Gasteiger partial charge in [-0.15, -0.1) is 0 Å². The molecule has 78 valence electrons. The Morgan fingerprint density at radius 2 is 2.08 bits per heavy atom. The van der Waals surface area contributed by atoms with Gasteiger partial charge < -0.3 is 5.32 Å². The standard InChI is InChI=1S/C11H23NS/c1-12-11-6-4-3-5-10(9-11)7-8-13-2/h10-12H,3-9H2,1-2H3. The molecule has 13 heavy (non-hydrogen) atoms. The summed E-state index contributed by atoms with van der Waals surface area (Å²) < 4.78 is 0. The van der Waals surface area contributed by atoms with Crippen molar-refractivity contribution in [2.45, 2.75) is 44.6 Å². The lowest BCUT2D eigenvalue weighted by Crippen LogP contribution is -2.26. The van der Waals surface area contributed by atoms with Gasteiger partial charge in [0.2, 0.25) is 0 Å². The van der Waals surface area contributed by atoms with E-state index in [-0.39, 0.29) is 0 Å². The third kappa shape index (κ3) is 4.37. The van der Waals surface area contributed by atoms with Crippen molar-refractivity contribution < 1.29 is 0 Å². The minimum absolute atomic E-state index is 0.800. The molecule has 0 aliphatic heterocycles. The van der Waals surface area contributed by atoms with Gasteiger partial charge in [0, 0.05) is 6.04 Å². The van der Waals surface area contributed by atoms with E-state index in [1.807, 2.05) is 11.8 Å². The summed E-state index contributed by atoms with van der Waals surface area (Å²) in [7, 11) is 2.11. The number of thioether (sulfide) groups is 1. The van der Waals surface area contributed by atoms with Gasteiger partial charge in [0.1, 0.15) is 0 Å². The molecule has 0 saturated heterocycles. The third-order valence-corrected chi connectivity index (χ3v) is 3.82. The maximum absolute atomic E-state index is 3.44. The zero-order chi connectivity index (χ0) is 9.52. The highest BCUT2D eigenvalue weighted by molar-refractivity contribution is 7.98. The number of nitrogens with one attached hydrogen (secondary N) is 1. The van der Waals surface area contributed by atoms with E-state index in [9.17, 15) is 0 Å². The Kier molecular flexibility index (Phi) is 5.88. The van der Waals surface area contributed by atoms with Crippen LogP contribution in [-0.4, -0.2) is 25.1 Å². The Balaban J connectivity index is 2.26. The van der Waals surface area contributed by atoms with Crippen LogP contribution in [0.3, 0.4) is 0 Å². The fourth-order valence-electron chi connectivity index (χ4n) is 2.27. The van der Waals surface area contributed by atoms with Gasteiger partial charge >= 0.3 is 0 Å². The van der Waals surface area contributed by atoms with E-state index in [0.717, 1.165) is 12.0 Å². The molecule has 2 heteroatoms. The maximum Gasteiger partial charge on any atom is 0.00667 e. The summed E-state index contributed by atoms with van der Waals surface area (Å²) in [5.74, 6) is 2.34. The van der Waals surface area contributed by atoms with Gasteiger partial charge in [-0.2, -0.15) is 11.8 Å². The van der Waals surface area contributed by atoms with Crippen LogP contribution in [0.2, 0.25) is 0 Å². The van der Waals surface area contributed by atoms with Crippen LogP contribution in [0.5, 0.6) is 0 Å². The number of hydrogen-bond donors (Lipinski definition) is 1. The van der Waals surface area contributed by atoms with Crippen LogP contribution in [-0.2, 0) is 0 Å². The van der Waals surface area contributed by atoms with Crippen LogP contribution in [0.15, 0.2) is 0 Å². The molecule has 2 unspecified atom stereocenters. The van der Waals surface area contributed by atoms with Crippen molar-refractivity contribution in [3.63, 3.8) is 0 Å². The van der Waals surface area contributed by atoms with Crippen LogP contribution >= 0.6 is 11.8 Å². The first-order chi connectivity index (χ1) is 6.36. The van der Waals surface area contributed by atoms with E-state index in [4.69, 9.17) is 0 Å². The van der Waals surface area contributed by atoms with E-state index >= 15 is 0 Å². The Morgan fingerprint density at radius 1 is 1.31 bits per heavy atom. The Labute approximate surface area is 87.1 Å². The lowest BCUT2D eigenvalue weighted by Gasteiger charge is -2.18. The van der Waals surface area contributed by atoms with E-state index in [0.29, 0.717) is 0 Å². The van der Waals surface area contributed by atoms with Crippen molar-refractivity contribution in [3.8, 4) is 0 Å². The molecule has 1 rings (SSSR count). The molecule has 0 aromatic carbocycles. The molecule has 1 aliphatic carbocycles. The molecule has 1 nitrogen and oxygen atoms in total. The minimum Gasteiger partial charge on any atom is -0.317 e. The summed E-state index contributed by atoms with van der Waals surface area (Å²) in [4.78, 5) is 0. The minimum atomic E-state index is 0.800. The molecule has 0 amide bonds.